The van der Waals surface area contributed by atoms with Crippen LogP contribution in [0, 0.1) is 17.3 Å². The average Bonchev–Trinajstić information content (AvgIpc) is 2.80. The molecule has 5 heteroatoms. The summed E-state index contributed by atoms with van der Waals surface area (Å²) in [5, 5.41) is 0. The van der Waals surface area contributed by atoms with Crippen molar-refractivity contribution in [3.05, 3.63) is 21.3 Å². The van der Waals surface area contributed by atoms with E-state index in [2.05, 4.69) is 15.9 Å². The van der Waals surface area contributed by atoms with Gasteiger partial charge in [-0.05, 0) is 62.5 Å². The molecule has 4 saturated carbocycles. The SMILES string of the molecule is CN(Cc1ccc(Cl)s1)C(=O)C12CC3CC(CC(Br)(C3)C1)C2. The third-order valence-corrected chi connectivity index (χ3v) is 7.96. The minimum atomic E-state index is -0.108. The fourth-order valence-electron chi connectivity index (χ4n) is 5.55. The Morgan fingerprint density at radius 3 is 2.59 bits per heavy atom. The number of carbonyl (C=O) groups is 1. The van der Waals surface area contributed by atoms with Crippen molar-refractivity contribution in [3.63, 3.8) is 0 Å². The molecule has 0 spiro atoms. The van der Waals surface area contributed by atoms with Crippen LogP contribution in [0.2, 0.25) is 4.34 Å². The molecule has 1 aromatic rings. The van der Waals surface area contributed by atoms with Gasteiger partial charge in [0, 0.05) is 16.2 Å². The predicted molar refractivity (Wildman–Crippen MR) is 94.6 cm³/mol. The van der Waals surface area contributed by atoms with Crippen molar-refractivity contribution in [2.75, 3.05) is 7.05 Å². The highest BCUT2D eigenvalue weighted by Gasteiger charge is 2.60. The first-order chi connectivity index (χ1) is 10.4. The Morgan fingerprint density at radius 2 is 2.05 bits per heavy atom. The Hall–Kier alpha value is -0.0600. The maximum absolute atomic E-state index is 13.2. The summed E-state index contributed by atoms with van der Waals surface area (Å²) in [5.41, 5.74) is -0.108. The van der Waals surface area contributed by atoms with E-state index in [1.165, 1.54) is 24.1 Å². The first kappa shape index (κ1) is 15.5. The third-order valence-electron chi connectivity index (χ3n) is 5.81. The second-order valence-electron chi connectivity index (χ2n) is 7.76. The van der Waals surface area contributed by atoms with Crippen LogP contribution in [0.1, 0.15) is 43.4 Å². The van der Waals surface area contributed by atoms with Crippen molar-refractivity contribution < 1.29 is 4.79 Å². The van der Waals surface area contributed by atoms with Crippen molar-refractivity contribution in [3.8, 4) is 0 Å². The van der Waals surface area contributed by atoms with Gasteiger partial charge in [0.1, 0.15) is 0 Å². The van der Waals surface area contributed by atoms with E-state index in [4.69, 9.17) is 11.6 Å². The van der Waals surface area contributed by atoms with Crippen LogP contribution < -0.4 is 0 Å². The summed E-state index contributed by atoms with van der Waals surface area (Å²) >= 11 is 11.6. The highest BCUT2D eigenvalue weighted by Crippen LogP contribution is 2.64. The molecule has 0 aliphatic heterocycles. The maximum atomic E-state index is 13.2. The fourth-order valence-corrected chi connectivity index (χ4v) is 8.14. The summed E-state index contributed by atoms with van der Waals surface area (Å²) in [6.45, 7) is 0.683. The first-order valence-electron chi connectivity index (χ1n) is 8.06. The number of alkyl halides is 1. The summed E-state index contributed by atoms with van der Waals surface area (Å²) in [6.07, 6.45) is 7.11. The van der Waals surface area contributed by atoms with E-state index in [1.807, 2.05) is 24.1 Å². The normalized spacial score (nSPS) is 39.2. The van der Waals surface area contributed by atoms with Crippen LogP contribution >= 0.6 is 38.9 Å². The minimum Gasteiger partial charge on any atom is -0.340 e. The van der Waals surface area contributed by atoms with Crippen molar-refractivity contribution in [2.24, 2.45) is 17.3 Å². The number of halogens is 2. The lowest BCUT2D eigenvalue weighted by atomic mass is 9.49. The molecule has 1 heterocycles. The highest BCUT2D eigenvalue weighted by molar-refractivity contribution is 9.10. The van der Waals surface area contributed by atoms with E-state index in [1.54, 1.807) is 11.3 Å². The molecule has 4 fully saturated rings. The van der Waals surface area contributed by atoms with Crippen molar-refractivity contribution in [1.82, 2.24) is 4.90 Å². The Bertz CT molecular complexity index is 602. The average molecular weight is 403 g/mol. The number of nitrogens with zero attached hydrogens (tertiary/aromatic N) is 1. The van der Waals surface area contributed by atoms with Crippen molar-refractivity contribution in [2.45, 2.75) is 49.4 Å². The van der Waals surface area contributed by atoms with Gasteiger partial charge in [0.05, 0.1) is 16.3 Å². The number of rotatable bonds is 3. The zero-order chi connectivity index (χ0) is 15.5. The zero-order valence-electron chi connectivity index (χ0n) is 12.8. The molecule has 4 aliphatic carbocycles. The van der Waals surface area contributed by atoms with Gasteiger partial charge in [0.15, 0.2) is 0 Å². The Balaban J connectivity index is 1.54. The van der Waals surface area contributed by atoms with Crippen LogP contribution in [-0.4, -0.2) is 22.2 Å². The molecule has 1 amide bonds. The van der Waals surface area contributed by atoms with E-state index >= 15 is 0 Å². The molecule has 0 N–H and O–H groups in total. The van der Waals surface area contributed by atoms with Crippen LogP contribution in [0.5, 0.6) is 0 Å². The fraction of sp³-hybridized carbons (Fsp3) is 0.706. The number of carbonyl (C=O) groups excluding carboxylic acids is 1. The molecule has 1 aromatic heterocycles. The Labute approximate surface area is 149 Å². The van der Waals surface area contributed by atoms with Gasteiger partial charge >= 0.3 is 0 Å². The van der Waals surface area contributed by atoms with Crippen LogP contribution in [0.15, 0.2) is 12.1 Å². The van der Waals surface area contributed by atoms with Gasteiger partial charge in [0.25, 0.3) is 0 Å². The summed E-state index contributed by atoms with van der Waals surface area (Å²) in [5.74, 6) is 1.85. The maximum Gasteiger partial charge on any atom is 0.228 e. The molecule has 120 valence electrons. The molecular weight excluding hydrogens is 382 g/mol. The largest absolute Gasteiger partial charge is 0.340 e. The van der Waals surface area contributed by atoms with Crippen molar-refractivity contribution >= 4 is 44.8 Å². The van der Waals surface area contributed by atoms with E-state index in [9.17, 15) is 4.79 Å². The molecule has 4 aliphatic rings. The van der Waals surface area contributed by atoms with E-state index in [0.717, 1.165) is 35.4 Å². The molecule has 0 radical (unpaired) electrons. The van der Waals surface area contributed by atoms with Gasteiger partial charge in [-0.2, -0.15) is 0 Å². The molecule has 0 saturated heterocycles. The molecule has 2 atom stereocenters. The standard InChI is InChI=1S/C17H21BrClNOS/c1-20(9-13-2-3-14(19)22-13)15(21)16-5-11-4-12(6-16)8-17(18,7-11)10-16/h2-3,11-12H,4-10H2,1H3. The monoisotopic (exact) mass is 401 g/mol. The van der Waals surface area contributed by atoms with Gasteiger partial charge in [-0.15, -0.1) is 11.3 Å². The van der Waals surface area contributed by atoms with Crippen LogP contribution in [0.3, 0.4) is 0 Å². The quantitative estimate of drug-likeness (QED) is 0.645. The van der Waals surface area contributed by atoms with E-state index < -0.39 is 0 Å². The summed E-state index contributed by atoms with van der Waals surface area (Å²) in [4.78, 5) is 16.3. The molecule has 2 nitrogen and oxygen atoms in total. The van der Waals surface area contributed by atoms with Crippen LogP contribution in [-0.2, 0) is 11.3 Å². The highest BCUT2D eigenvalue weighted by atomic mass is 79.9. The molecule has 0 aromatic carbocycles. The number of amides is 1. The summed E-state index contributed by atoms with van der Waals surface area (Å²) < 4.78 is 1.03. The van der Waals surface area contributed by atoms with Crippen molar-refractivity contribution in [1.29, 1.82) is 0 Å². The summed E-state index contributed by atoms with van der Waals surface area (Å²) in [7, 11) is 1.95. The predicted octanol–water partition coefficient (Wildman–Crippen LogP) is 5.09. The zero-order valence-corrected chi connectivity index (χ0v) is 15.9. The van der Waals surface area contributed by atoms with Gasteiger partial charge in [-0.3, -0.25) is 4.79 Å². The molecule has 2 unspecified atom stereocenters. The van der Waals surface area contributed by atoms with Crippen LogP contribution in [0.4, 0.5) is 0 Å². The van der Waals surface area contributed by atoms with Gasteiger partial charge in [-0.1, -0.05) is 27.5 Å². The number of hydrogen-bond donors (Lipinski definition) is 0. The number of thiophene rings is 1. The Morgan fingerprint density at radius 1 is 1.36 bits per heavy atom. The van der Waals surface area contributed by atoms with E-state index in [0.29, 0.717) is 12.5 Å². The molecular formula is C17H21BrClNOS. The first-order valence-corrected chi connectivity index (χ1v) is 10.0. The summed E-state index contributed by atoms with van der Waals surface area (Å²) in [6, 6.07) is 3.94. The van der Waals surface area contributed by atoms with Gasteiger partial charge in [0.2, 0.25) is 5.91 Å². The third kappa shape index (κ3) is 2.55. The lowest BCUT2D eigenvalue weighted by Crippen LogP contribution is -2.58. The molecule has 22 heavy (non-hydrogen) atoms. The second kappa shape index (κ2) is 5.22. The smallest absolute Gasteiger partial charge is 0.228 e. The lowest BCUT2D eigenvalue weighted by molar-refractivity contribution is -0.154. The Kier molecular flexibility index (Phi) is 3.67. The van der Waals surface area contributed by atoms with Crippen LogP contribution in [0.25, 0.3) is 0 Å². The lowest BCUT2D eigenvalue weighted by Gasteiger charge is -2.59. The topological polar surface area (TPSA) is 20.3 Å². The molecule has 4 bridgehead atoms. The van der Waals surface area contributed by atoms with Gasteiger partial charge in [-0.25, -0.2) is 0 Å². The molecule has 5 rings (SSSR count). The van der Waals surface area contributed by atoms with E-state index in [-0.39, 0.29) is 9.74 Å². The minimum absolute atomic E-state index is 0.108. The van der Waals surface area contributed by atoms with Gasteiger partial charge < -0.3 is 4.90 Å². The second-order valence-corrected chi connectivity index (χ2v) is 11.2. The number of hydrogen-bond acceptors (Lipinski definition) is 2.